The van der Waals surface area contributed by atoms with Gasteiger partial charge in [0.15, 0.2) is 0 Å². The number of carbonyl (C=O) groups is 1. The number of nitrogens with two attached hydrogens (primary N) is 1. The van der Waals surface area contributed by atoms with Crippen LogP contribution in [0.15, 0.2) is 42.7 Å². The van der Waals surface area contributed by atoms with Gasteiger partial charge in [0.25, 0.3) is 0 Å². The summed E-state index contributed by atoms with van der Waals surface area (Å²) in [6.07, 6.45) is -3.05. The van der Waals surface area contributed by atoms with Gasteiger partial charge in [0.05, 0.1) is 28.2 Å². The summed E-state index contributed by atoms with van der Waals surface area (Å²) in [5.41, 5.74) is 5.74. The number of halogens is 4. The molecule has 0 radical (unpaired) electrons. The number of alkyl halides is 3. The molecule has 0 unspecified atom stereocenters. The van der Waals surface area contributed by atoms with Gasteiger partial charge >= 0.3 is 6.18 Å². The molecule has 2 N–H and O–H groups in total. The second kappa shape index (κ2) is 6.33. The fourth-order valence-electron chi connectivity index (χ4n) is 2.59. The SMILES string of the molecule is NC(=O)c1ccncc1-c1nc2c(Cl)cccc2cc1CC(F)(F)F. The lowest BCUT2D eigenvalue weighted by molar-refractivity contribution is -0.127. The molecule has 0 aliphatic rings. The highest BCUT2D eigenvalue weighted by atomic mass is 35.5. The summed E-state index contributed by atoms with van der Waals surface area (Å²) >= 11 is 6.11. The van der Waals surface area contributed by atoms with Crippen molar-refractivity contribution < 1.29 is 18.0 Å². The van der Waals surface area contributed by atoms with E-state index in [0.717, 1.165) is 0 Å². The zero-order valence-electron chi connectivity index (χ0n) is 12.6. The minimum absolute atomic E-state index is 0.0141. The summed E-state index contributed by atoms with van der Waals surface area (Å²) < 4.78 is 39.0. The van der Waals surface area contributed by atoms with Crippen LogP contribution in [0.3, 0.4) is 0 Å². The molecule has 0 aliphatic carbocycles. The normalized spacial score (nSPS) is 11.7. The van der Waals surface area contributed by atoms with Crippen LogP contribution in [0, 0.1) is 0 Å². The topological polar surface area (TPSA) is 68.9 Å². The van der Waals surface area contributed by atoms with Crippen molar-refractivity contribution in [2.75, 3.05) is 0 Å². The van der Waals surface area contributed by atoms with Crippen LogP contribution >= 0.6 is 11.6 Å². The molecule has 2 heterocycles. The van der Waals surface area contributed by atoms with Crippen molar-refractivity contribution in [2.45, 2.75) is 12.6 Å². The lowest BCUT2D eigenvalue weighted by atomic mass is 9.98. The van der Waals surface area contributed by atoms with Crippen molar-refractivity contribution in [3.8, 4) is 11.3 Å². The minimum Gasteiger partial charge on any atom is -0.366 e. The number of nitrogens with zero attached hydrogens (tertiary/aromatic N) is 2. The number of para-hydroxylation sites is 1. The highest BCUT2D eigenvalue weighted by molar-refractivity contribution is 6.35. The standard InChI is InChI=1S/C17H11ClF3N3O/c18-13-3-1-2-9-6-10(7-17(19,20)21)14(24-15(9)13)12-8-23-5-4-11(12)16(22)25/h1-6,8H,7H2,(H2,22,25). The largest absolute Gasteiger partial charge is 0.393 e. The molecule has 0 bridgehead atoms. The molecule has 1 amide bonds. The van der Waals surface area contributed by atoms with Crippen molar-refractivity contribution in [1.29, 1.82) is 0 Å². The Kier molecular flexibility index (Phi) is 4.34. The van der Waals surface area contributed by atoms with Gasteiger partial charge in [-0.05, 0) is 23.8 Å². The molecule has 128 valence electrons. The zero-order chi connectivity index (χ0) is 18.2. The Morgan fingerprint density at radius 2 is 2.00 bits per heavy atom. The van der Waals surface area contributed by atoms with Crippen molar-refractivity contribution in [3.63, 3.8) is 0 Å². The Bertz CT molecular complexity index is 973. The van der Waals surface area contributed by atoms with Crippen molar-refractivity contribution in [3.05, 3.63) is 58.9 Å². The first-order valence-corrected chi connectivity index (χ1v) is 7.53. The summed E-state index contributed by atoms with van der Waals surface area (Å²) in [7, 11) is 0. The Hall–Kier alpha value is -2.67. The molecule has 0 aliphatic heterocycles. The number of rotatable bonds is 3. The maximum Gasteiger partial charge on any atom is 0.393 e. The molecule has 3 rings (SSSR count). The molecule has 1 aromatic carbocycles. The van der Waals surface area contributed by atoms with E-state index < -0.39 is 18.5 Å². The third kappa shape index (κ3) is 3.56. The highest BCUT2D eigenvalue weighted by Gasteiger charge is 2.30. The van der Waals surface area contributed by atoms with Crippen LogP contribution in [0.1, 0.15) is 15.9 Å². The lowest BCUT2D eigenvalue weighted by Crippen LogP contribution is -2.16. The maximum atomic E-state index is 13.0. The van der Waals surface area contributed by atoms with Crippen LogP contribution in [0.4, 0.5) is 13.2 Å². The van der Waals surface area contributed by atoms with Crippen LogP contribution < -0.4 is 5.73 Å². The molecular formula is C17H11ClF3N3O. The third-order valence-electron chi connectivity index (χ3n) is 3.61. The van der Waals surface area contributed by atoms with E-state index in [2.05, 4.69) is 9.97 Å². The fraction of sp³-hybridized carbons (Fsp3) is 0.118. The molecule has 0 saturated heterocycles. The Morgan fingerprint density at radius 1 is 1.24 bits per heavy atom. The first-order chi connectivity index (χ1) is 11.8. The van der Waals surface area contributed by atoms with E-state index in [-0.39, 0.29) is 22.4 Å². The molecule has 0 spiro atoms. The molecule has 3 aromatic rings. The molecule has 8 heteroatoms. The van der Waals surface area contributed by atoms with Crippen LogP contribution in [0.2, 0.25) is 5.02 Å². The number of amides is 1. The van der Waals surface area contributed by atoms with Crippen molar-refractivity contribution in [2.24, 2.45) is 5.73 Å². The highest BCUT2D eigenvalue weighted by Crippen LogP contribution is 2.33. The average molecular weight is 366 g/mol. The molecule has 4 nitrogen and oxygen atoms in total. The smallest absolute Gasteiger partial charge is 0.366 e. The Labute approximate surface area is 145 Å². The minimum atomic E-state index is -4.45. The maximum absolute atomic E-state index is 13.0. The van der Waals surface area contributed by atoms with Gasteiger partial charge in [-0.25, -0.2) is 4.98 Å². The fourth-order valence-corrected chi connectivity index (χ4v) is 2.81. The Morgan fingerprint density at radius 3 is 2.68 bits per heavy atom. The van der Waals surface area contributed by atoms with Gasteiger partial charge in [-0.15, -0.1) is 0 Å². The van der Waals surface area contributed by atoms with Crippen LogP contribution in [0.5, 0.6) is 0 Å². The molecule has 0 fully saturated rings. The number of pyridine rings is 2. The predicted molar refractivity (Wildman–Crippen MR) is 88.3 cm³/mol. The van der Waals surface area contributed by atoms with Gasteiger partial charge in [-0.2, -0.15) is 13.2 Å². The number of hydrogen-bond acceptors (Lipinski definition) is 3. The van der Waals surface area contributed by atoms with E-state index in [1.54, 1.807) is 18.2 Å². The van der Waals surface area contributed by atoms with Crippen LogP contribution in [-0.2, 0) is 6.42 Å². The quantitative estimate of drug-likeness (QED) is 0.758. The van der Waals surface area contributed by atoms with Gasteiger partial charge < -0.3 is 5.73 Å². The van der Waals surface area contributed by atoms with Crippen molar-refractivity contribution >= 4 is 28.4 Å². The first-order valence-electron chi connectivity index (χ1n) is 7.15. The van der Waals surface area contributed by atoms with E-state index in [1.165, 1.54) is 24.5 Å². The van der Waals surface area contributed by atoms with Gasteiger partial charge in [0, 0.05) is 23.3 Å². The van der Waals surface area contributed by atoms with E-state index >= 15 is 0 Å². The molecule has 0 saturated carbocycles. The molecule has 0 atom stereocenters. The van der Waals surface area contributed by atoms with Crippen molar-refractivity contribution in [1.82, 2.24) is 9.97 Å². The van der Waals surface area contributed by atoms with Gasteiger partial charge in [-0.3, -0.25) is 9.78 Å². The summed E-state index contributed by atoms with van der Waals surface area (Å²) in [6.45, 7) is 0. The second-order valence-corrected chi connectivity index (χ2v) is 5.79. The predicted octanol–water partition coefficient (Wildman–Crippen LogP) is 4.15. The van der Waals surface area contributed by atoms with E-state index in [0.29, 0.717) is 15.9 Å². The van der Waals surface area contributed by atoms with Gasteiger partial charge in [-0.1, -0.05) is 23.7 Å². The number of fused-ring (bicyclic) bond motifs is 1. The zero-order valence-corrected chi connectivity index (χ0v) is 13.4. The third-order valence-corrected chi connectivity index (χ3v) is 3.91. The number of aromatic nitrogens is 2. The van der Waals surface area contributed by atoms with Crippen LogP contribution in [0.25, 0.3) is 22.2 Å². The van der Waals surface area contributed by atoms with E-state index in [9.17, 15) is 18.0 Å². The average Bonchev–Trinajstić information content (AvgIpc) is 2.53. The Balaban J connectivity index is 2.34. The van der Waals surface area contributed by atoms with E-state index in [1.807, 2.05) is 0 Å². The number of benzene rings is 1. The van der Waals surface area contributed by atoms with Gasteiger partial charge in [0.1, 0.15) is 0 Å². The van der Waals surface area contributed by atoms with E-state index in [4.69, 9.17) is 17.3 Å². The second-order valence-electron chi connectivity index (χ2n) is 5.39. The monoisotopic (exact) mass is 365 g/mol. The molecule has 25 heavy (non-hydrogen) atoms. The summed E-state index contributed by atoms with van der Waals surface area (Å²) in [4.78, 5) is 19.8. The van der Waals surface area contributed by atoms with Gasteiger partial charge in [0.2, 0.25) is 5.91 Å². The summed E-state index contributed by atoms with van der Waals surface area (Å²) in [5, 5.41) is 0.766. The summed E-state index contributed by atoms with van der Waals surface area (Å²) in [5.74, 6) is -0.781. The first kappa shape index (κ1) is 17.2. The number of carbonyl (C=O) groups excluding carboxylic acids is 1. The summed E-state index contributed by atoms with van der Waals surface area (Å²) in [6, 6.07) is 7.54. The molecular weight excluding hydrogens is 355 g/mol. The molecule has 2 aromatic heterocycles. The van der Waals surface area contributed by atoms with Crippen LogP contribution in [-0.4, -0.2) is 22.1 Å². The number of hydrogen-bond donors (Lipinski definition) is 1. The lowest BCUT2D eigenvalue weighted by Gasteiger charge is -2.15. The number of primary amides is 1.